The summed E-state index contributed by atoms with van der Waals surface area (Å²) < 4.78 is 34.0. The molecule has 0 radical (unpaired) electrons. The highest BCUT2D eigenvalue weighted by molar-refractivity contribution is 7.85. The standard InChI is InChI=1S/C11H15N3O6S/c1-21(17,18)19-5-8-7-4-11(20-8,6-12-7)14-3-2-9(15)13-10(14)16/h2-3,7-8,12H,4-6H2,1H3,(H,13,15,16)/t7-,8-,11+/m1/s1. The van der Waals surface area contributed by atoms with Gasteiger partial charge in [0.05, 0.1) is 12.9 Å². The SMILES string of the molecule is CS(=O)(=O)OC[C@H]1O[C@]2(n3ccc(=O)[nH]c3=O)CN[C@@H]1C2. The van der Waals surface area contributed by atoms with E-state index in [1.165, 1.54) is 16.8 Å². The summed E-state index contributed by atoms with van der Waals surface area (Å²) in [6, 6.07) is 1.14. The second-order valence-electron chi connectivity index (χ2n) is 5.26. The molecular weight excluding hydrogens is 302 g/mol. The number of rotatable bonds is 4. The third-order valence-electron chi connectivity index (χ3n) is 3.71. The minimum Gasteiger partial charge on any atom is -0.346 e. The van der Waals surface area contributed by atoms with Crippen LogP contribution in [0.15, 0.2) is 21.9 Å². The Balaban J connectivity index is 1.84. The fraction of sp³-hybridized carbons (Fsp3) is 0.636. The van der Waals surface area contributed by atoms with Crippen molar-refractivity contribution in [3.63, 3.8) is 0 Å². The van der Waals surface area contributed by atoms with E-state index in [1.54, 1.807) is 0 Å². The van der Waals surface area contributed by atoms with Crippen LogP contribution >= 0.6 is 0 Å². The zero-order valence-electron chi connectivity index (χ0n) is 11.2. The number of aromatic amines is 1. The molecule has 1 aromatic rings. The van der Waals surface area contributed by atoms with Gasteiger partial charge in [-0.3, -0.25) is 18.5 Å². The first-order valence-corrected chi connectivity index (χ1v) is 8.19. The van der Waals surface area contributed by atoms with E-state index in [4.69, 9.17) is 8.92 Å². The molecular formula is C11H15N3O6S. The van der Waals surface area contributed by atoms with Crippen molar-refractivity contribution < 1.29 is 17.3 Å². The summed E-state index contributed by atoms with van der Waals surface area (Å²) in [5.41, 5.74) is -1.96. The average Bonchev–Trinajstić information content (AvgIpc) is 2.94. The molecule has 2 N–H and O–H groups in total. The lowest BCUT2D eigenvalue weighted by atomic mass is 10.1. The van der Waals surface area contributed by atoms with E-state index in [1.807, 2.05) is 0 Å². The van der Waals surface area contributed by atoms with Crippen LogP contribution in [-0.4, -0.2) is 49.5 Å². The molecule has 0 unspecified atom stereocenters. The fourth-order valence-electron chi connectivity index (χ4n) is 2.81. The van der Waals surface area contributed by atoms with E-state index < -0.39 is 33.2 Å². The summed E-state index contributed by atoms with van der Waals surface area (Å²) in [6.45, 7) is 0.287. The van der Waals surface area contributed by atoms with Crippen molar-refractivity contribution in [2.24, 2.45) is 0 Å². The van der Waals surface area contributed by atoms with Crippen molar-refractivity contribution in [1.29, 1.82) is 0 Å². The van der Waals surface area contributed by atoms with Crippen LogP contribution in [0.1, 0.15) is 6.42 Å². The van der Waals surface area contributed by atoms with E-state index in [-0.39, 0.29) is 12.6 Å². The maximum atomic E-state index is 11.9. The van der Waals surface area contributed by atoms with E-state index in [2.05, 4.69) is 10.3 Å². The van der Waals surface area contributed by atoms with Crippen LogP contribution < -0.4 is 16.6 Å². The summed E-state index contributed by atoms with van der Waals surface area (Å²) in [7, 11) is -3.55. The smallest absolute Gasteiger partial charge is 0.330 e. The van der Waals surface area contributed by atoms with Crippen LogP contribution in [-0.2, 0) is 24.8 Å². The lowest BCUT2D eigenvalue weighted by Gasteiger charge is -2.32. The molecule has 0 spiro atoms. The van der Waals surface area contributed by atoms with Gasteiger partial charge in [-0.25, -0.2) is 4.79 Å². The van der Waals surface area contributed by atoms with Crippen molar-refractivity contribution in [2.45, 2.75) is 24.3 Å². The largest absolute Gasteiger partial charge is 0.346 e. The predicted octanol–water partition coefficient (Wildman–Crippen LogP) is -2.07. The molecule has 0 amide bonds. The number of fused-ring (bicyclic) bond motifs is 2. The molecule has 1 aromatic heterocycles. The molecule has 116 valence electrons. The number of hydrogen-bond donors (Lipinski definition) is 2. The Morgan fingerprint density at radius 3 is 2.95 bits per heavy atom. The molecule has 0 aliphatic carbocycles. The van der Waals surface area contributed by atoms with Crippen molar-refractivity contribution in [1.82, 2.24) is 14.9 Å². The second kappa shape index (κ2) is 4.77. The van der Waals surface area contributed by atoms with Crippen molar-refractivity contribution in [3.8, 4) is 0 Å². The number of nitrogens with zero attached hydrogens (tertiary/aromatic N) is 1. The van der Waals surface area contributed by atoms with E-state index in [9.17, 15) is 18.0 Å². The number of H-pyrrole nitrogens is 1. The van der Waals surface area contributed by atoms with Gasteiger partial charge in [-0.05, 0) is 0 Å². The Morgan fingerprint density at radius 2 is 2.29 bits per heavy atom. The van der Waals surface area contributed by atoms with Gasteiger partial charge >= 0.3 is 5.69 Å². The number of aromatic nitrogens is 2. The Morgan fingerprint density at radius 1 is 1.52 bits per heavy atom. The maximum Gasteiger partial charge on any atom is 0.330 e. The van der Waals surface area contributed by atoms with Crippen molar-refractivity contribution >= 4 is 10.1 Å². The molecule has 2 aliphatic heterocycles. The van der Waals surface area contributed by atoms with Crippen molar-refractivity contribution in [2.75, 3.05) is 19.4 Å². The molecule has 0 aromatic carbocycles. The quantitative estimate of drug-likeness (QED) is 0.612. The van der Waals surface area contributed by atoms with Gasteiger partial charge in [0, 0.05) is 31.3 Å². The van der Waals surface area contributed by atoms with Crippen LogP contribution in [0.3, 0.4) is 0 Å². The fourth-order valence-corrected chi connectivity index (χ4v) is 3.20. The minimum atomic E-state index is -3.55. The molecule has 3 atom stereocenters. The molecule has 9 nitrogen and oxygen atoms in total. The van der Waals surface area contributed by atoms with Crippen molar-refractivity contribution in [3.05, 3.63) is 33.1 Å². The third-order valence-corrected chi connectivity index (χ3v) is 4.27. The summed E-state index contributed by atoms with van der Waals surface area (Å²) >= 11 is 0. The third kappa shape index (κ3) is 2.67. The highest BCUT2D eigenvalue weighted by Crippen LogP contribution is 2.38. The monoisotopic (exact) mass is 317 g/mol. The van der Waals surface area contributed by atoms with Gasteiger partial charge < -0.3 is 10.1 Å². The topological polar surface area (TPSA) is 119 Å². The highest BCUT2D eigenvalue weighted by Gasteiger charge is 2.53. The normalized spacial score (nSPS) is 31.7. The second-order valence-corrected chi connectivity index (χ2v) is 6.91. The molecule has 2 aliphatic rings. The summed E-state index contributed by atoms with van der Waals surface area (Å²) in [6.07, 6.45) is 2.37. The molecule has 2 bridgehead atoms. The Bertz CT molecular complexity index is 769. The summed E-state index contributed by atoms with van der Waals surface area (Å²) in [4.78, 5) is 25.2. The van der Waals surface area contributed by atoms with Gasteiger partial charge in [-0.1, -0.05) is 0 Å². The van der Waals surface area contributed by atoms with E-state index >= 15 is 0 Å². The highest BCUT2D eigenvalue weighted by atomic mass is 32.2. The molecule has 3 heterocycles. The number of hydrogen-bond acceptors (Lipinski definition) is 7. The first-order valence-electron chi connectivity index (χ1n) is 6.37. The van der Waals surface area contributed by atoms with Gasteiger partial charge in [0.1, 0.15) is 6.10 Å². The number of ether oxygens (including phenoxy) is 1. The van der Waals surface area contributed by atoms with Crippen LogP contribution in [0, 0.1) is 0 Å². The van der Waals surface area contributed by atoms with Crippen LogP contribution in [0.5, 0.6) is 0 Å². The Kier molecular flexibility index (Phi) is 3.28. The first kappa shape index (κ1) is 14.4. The maximum absolute atomic E-state index is 11.9. The zero-order chi connectivity index (χ0) is 15.3. The zero-order valence-corrected chi connectivity index (χ0v) is 12.1. The van der Waals surface area contributed by atoms with E-state index in [0.717, 1.165) is 6.26 Å². The van der Waals surface area contributed by atoms with Crippen LogP contribution in [0.2, 0.25) is 0 Å². The van der Waals surface area contributed by atoms with Gasteiger partial charge in [0.2, 0.25) is 0 Å². The van der Waals surface area contributed by atoms with Gasteiger partial charge in [0.25, 0.3) is 15.7 Å². The summed E-state index contributed by atoms with van der Waals surface area (Å²) in [5, 5.41) is 3.17. The lowest BCUT2D eigenvalue weighted by molar-refractivity contribution is -0.122. The minimum absolute atomic E-state index is 0.106. The van der Waals surface area contributed by atoms with Gasteiger partial charge in [0.15, 0.2) is 5.72 Å². The molecule has 0 saturated carbocycles. The van der Waals surface area contributed by atoms with Crippen LogP contribution in [0.25, 0.3) is 0 Å². The van der Waals surface area contributed by atoms with Gasteiger partial charge in [-0.2, -0.15) is 8.42 Å². The molecule has 3 rings (SSSR count). The molecule has 2 fully saturated rings. The molecule has 21 heavy (non-hydrogen) atoms. The Labute approximate surface area is 120 Å². The molecule has 2 saturated heterocycles. The molecule has 10 heteroatoms. The first-order chi connectivity index (χ1) is 9.79. The lowest BCUT2D eigenvalue weighted by Crippen LogP contribution is -2.51. The number of nitrogens with one attached hydrogen (secondary N) is 2. The Hall–Kier alpha value is -1.49. The van der Waals surface area contributed by atoms with Gasteiger partial charge in [-0.15, -0.1) is 0 Å². The average molecular weight is 317 g/mol. The summed E-state index contributed by atoms with van der Waals surface area (Å²) in [5.74, 6) is 0. The van der Waals surface area contributed by atoms with Crippen LogP contribution in [0.4, 0.5) is 0 Å². The van der Waals surface area contributed by atoms with E-state index in [0.29, 0.717) is 13.0 Å². The predicted molar refractivity (Wildman–Crippen MR) is 71.4 cm³/mol. The number of morpholine rings is 1.